The average molecular weight is 373 g/mol. The van der Waals surface area contributed by atoms with Crippen molar-refractivity contribution in [2.24, 2.45) is 0 Å². The number of hydrogen-bond acceptors (Lipinski definition) is 4. The maximum Gasteiger partial charge on any atom is 0.266 e. The molecule has 0 amide bonds. The highest BCUT2D eigenvalue weighted by Gasteiger charge is 2.15. The number of hydrogen-bond donors (Lipinski definition) is 0. The molecule has 134 valence electrons. The Labute approximate surface area is 161 Å². The molecule has 0 unspecified atom stereocenters. The predicted molar refractivity (Wildman–Crippen MR) is 111 cm³/mol. The van der Waals surface area contributed by atoms with Gasteiger partial charge in [0.1, 0.15) is 0 Å². The Morgan fingerprint density at radius 1 is 0.963 bits per heavy atom. The van der Waals surface area contributed by atoms with Crippen LogP contribution in [0.2, 0.25) is 0 Å². The minimum Gasteiger partial charge on any atom is -0.268 e. The number of thioether (sulfide) groups is 1. The molecule has 0 atom stereocenters. The van der Waals surface area contributed by atoms with E-state index in [2.05, 4.69) is 18.0 Å². The number of nitrogens with zero attached hydrogens (tertiary/aromatic N) is 3. The molecule has 0 aliphatic carbocycles. The highest BCUT2D eigenvalue weighted by Crippen LogP contribution is 2.25. The summed E-state index contributed by atoms with van der Waals surface area (Å²) in [7, 11) is 0. The molecule has 2 heterocycles. The van der Waals surface area contributed by atoms with Gasteiger partial charge in [-0.15, -0.1) is 0 Å². The molecule has 0 aliphatic heterocycles. The summed E-state index contributed by atoms with van der Waals surface area (Å²) in [6.45, 7) is 2.10. The third-order valence-electron chi connectivity index (χ3n) is 4.43. The lowest BCUT2D eigenvalue weighted by atomic mass is 10.1. The first-order valence-corrected chi connectivity index (χ1v) is 9.89. The zero-order valence-corrected chi connectivity index (χ0v) is 15.8. The number of aromatic nitrogens is 3. The van der Waals surface area contributed by atoms with Crippen LogP contribution in [0.25, 0.3) is 16.6 Å². The molecule has 27 heavy (non-hydrogen) atoms. The zero-order chi connectivity index (χ0) is 18.6. The molecule has 0 radical (unpaired) electrons. The van der Waals surface area contributed by atoms with Crippen molar-refractivity contribution in [1.29, 1.82) is 0 Å². The van der Waals surface area contributed by atoms with Crippen molar-refractivity contribution in [3.8, 4) is 5.69 Å². The van der Waals surface area contributed by atoms with Gasteiger partial charge in [-0.1, -0.05) is 55.1 Å². The minimum atomic E-state index is -0.0370. The molecule has 4 nitrogen and oxygen atoms in total. The van der Waals surface area contributed by atoms with E-state index in [1.807, 2.05) is 60.7 Å². The fourth-order valence-electron chi connectivity index (χ4n) is 3.07. The molecule has 5 heteroatoms. The SMILES string of the molecule is CCc1ccccc1-n1c(SCc2ccccn2)nc2ccccc2c1=O. The predicted octanol–water partition coefficient (Wildman–Crippen LogP) is 4.64. The quantitative estimate of drug-likeness (QED) is 0.378. The van der Waals surface area contributed by atoms with Crippen LogP contribution in [0.4, 0.5) is 0 Å². The Morgan fingerprint density at radius 3 is 2.56 bits per heavy atom. The van der Waals surface area contributed by atoms with Crippen LogP contribution in [-0.4, -0.2) is 14.5 Å². The fraction of sp³-hybridized carbons (Fsp3) is 0.136. The zero-order valence-electron chi connectivity index (χ0n) is 15.0. The Balaban J connectivity index is 1.89. The van der Waals surface area contributed by atoms with Crippen molar-refractivity contribution in [2.45, 2.75) is 24.3 Å². The van der Waals surface area contributed by atoms with Crippen LogP contribution in [-0.2, 0) is 12.2 Å². The van der Waals surface area contributed by atoms with Crippen molar-refractivity contribution in [2.75, 3.05) is 0 Å². The van der Waals surface area contributed by atoms with Gasteiger partial charge in [0.25, 0.3) is 5.56 Å². The van der Waals surface area contributed by atoms with Crippen molar-refractivity contribution in [1.82, 2.24) is 14.5 Å². The number of aryl methyl sites for hydroxylation is 1. The summed E-state index contributed by atoms with van der Waals surface area (Å²) in [5.74, 6) is 0.653. The second-order valence-corrected chi connectivity index (χ2v) is 7.09. The van der Waals surface area contributed by atoms with Crippen LogP contribution >= 0.6 is 11.8 Å². The second-order valence-electron chi connectivity index (χ2n) is 6.14. The Hall–Kier alpha value is -2.92. The minimum absolute atomic E-state index is 0.0370. The van der Waals surface area contributed by atoms with Crippen LogP contribution in [0, 0.1) is 0 Å². The first-order chi connectivity index (χ1) is 13.3. The van der Waals surface area contributed by atoms with Crippen molar-refractivity contribution in [3.05, 3.63) is 94.5 Å². The van der Waals surface area contributed by atoms with E-state index in [9.17, 15) is 4.79 Å². The second kappa shape index (κ2) is 7.76. The van der Waals surface area contributed by atoms with Gasteiger partial charge in [0, 0.05) is 11.9 Å². The number of para-hydroxylation sites is 2. The van der Waals surface area contributed by atoms with E-state index in [1.165, 1.54) is 11.8 Å². The van der Waals surface area contributed by atoms with Gasteiger partial charge in [0.05, 0.1) is 22.3 Å². The highest BCUT2D eigenvalue weighted by molar-refractivity contribution is 7.98. The summed E-state index contributed by atoms with van der Waals surface area (Å²) in [5.41, 5.74) is 3.66. The standard InChI is InChI=1S/C22H19N3OS/c1-2-16-9-3-6-13-20(16)25-21(26)18-11-4-5-12-19(18)24-22(25)27-15-17-10-7-8-14-23-17/h3-14H,2,15H2,1H3. The summed E-state index contributed by atoms with van der Waals surface area (Å²) in [6, 6.07) is 21.4. The molecule has 2 aromatic heterocycles. The van der Waals surface area contributed by atoms with E-state index >= 15 is 0 Å². The summed E-state index contributed by atoms with van der Waals surface area (Å²) < 4.78 is 1.74. The van der Waals surface area contributed by atoms with Crippen LogP contribution in [0.15, 0.2) is 82.9 Å². The van der Waals surface area contributed by atoms with Gasteiger partial charge in [-0.3, -0.25) is 14.3 Å². The molecule has 2 aromatic carbocycles. The lowest BCUT2D eigenvalue weighted by molar-refractivity contribution is 0.808. The van der Waals surface area contributed by atoms with Gasteiger partial charge in [0.2, 0.25) is 0 Å². The van der Waals surface area contributed by atoms with Gasteiger partial charge < -0.3 is 0 Å². The molecule has 4 rings (SSSR count). The van der Waals surface area contributed by atoms with Crippen molar-refractivity contribution in [3.63, 3.8) is 0 Å². The number of fused-ring (bicyclic) bond motifs is 1. The van der Waals surface area contributed by atoms with Gasteiger partial charge >= 0.3 is 0 Å². The Bertz CT molecular complexity index is 1140. The van der Waals surface area contributed by atoms with Crippen LogP contribution in [0.3, 0.4) is 0 Å². The summed E-state index contributed by atoms with van der Waals surface area (Å²) in [5, 5.41) is 1.32. The Morgan fingerprint density at radius 2 is 1.74 bits per heavy atom. The average Bonchev–Trinajstić information content (AvgIpc) is 2.73. The van der Waals surface area contributed by atoms with E-state index in [-0.39, 0.29) is 5.56 Å². The van der Waals surface area contributed by atoms with E-state index in [0.717, 1.165) is 28.9 Å². The number of pyridine rings is 1. The van der Waals surface area contributed by atoms with E-state index in [4.69, 9.17) is 4.98 Å². The summed E-state index contributed by atoms with van der Waals surface area (Å²) in [6.07, 6.45) is 2.63. The van der Waals surface area contributed by atoms with Crippen molar-refractivity contribution >= 4 is 22.7 Å². The summed E-state index contributed by atoms with van der Waals surface area (Å²) >= 11 is 1.53. The van der Waals surface area contributed by atoms with Gasteiger partial charge in [-0.25, -0.2) is 4.98 Å². The van der Waals surface area contributed by atoms with Gasteiger partial charge in [0.15, 0.2) is 5.16 Å². The molecule has 0 saturated carbocycles. The van der Waals surface area contributed by atoms with E-state index in [0.29, 0.717) is 16.3 Å². The van der Waals surface area contributed by atoms with Gasteiger partial charge in [-0.2, -0.15) is 0 Å². The monoisotopic (exact) mass is 373 g/mol. The molecule has 0 aliphatic rings. The number of rotatable bonds is 5. The maximum absolute atomic E-state index is 13.3. The molecular formula is C22H19N3OS. The van der Waals surface area contributed by atoms with Gasteiger partial charge in [-0.05, 0) is 42.3 Å². The first-order valence-electron chi connectivity index (χ1n) is 8.90. The first kappa shape index (κ1) is 17.5. The molecule has 4 aromatic rings. The van der Waals surface area contributed by atoms with Crippen LogP contribution in [0.1, 0.15) is 18.2 Å². The van der Waals surface area contributed by atoms with E-state index in [1.54, 1.807) is 10.8 Å². The molecule has 0 spiro atoms. The fourth-order valence-corrected chi connectivity index (χ4v) is 3.99. The van der Waals surface area contributed by atoms with Crippen molar-refractivity contribution < 1.29 is 0 Å². The highest BCUT2D eigenvalue weighted by atomic mass is 32.2. The lowest BCUT2D eigenvalue weighted by Crippen LogP contribution is -2.22. The Kier molecular flexibility index (Phi) is 5.03. The van der Waals surface area contributed by atoms with E-state index < -0.39 is 0 Å². The molecule has 0 saturated heterocycles. The number of benzene rings is 2. The maximum atomic E-state index is 13.3. The normalized spacial score (nSPS) is 11.0. The molecule has 0 bridgehead atoms. The lowest BCUT2D eigenvalue weighted by Gasteiger charge is -2.15. The molecular weight excluding hydrogens is 354 g/mol. The smallest absolute Gasteiger partial charge is 0.266 e. The third kappa shape index (κ3) is 3.51. The largest absolute Gasteiger partial charge is 0.268 e. The third-order valence-corrected chi connectivity index (χ3v) is 5.41. The molecule has 0 N–H and O–H groups in total. The molecule has 0 fully saturated rings. The topological polar surface area (TPSA) is 47.8 Å². The van der Waals surface area contributed by atoms with Crippen LogP contribution in [0.5, 0.6) is 0 Å². The summed E-state index contributed by atoms with van der Waals surface area (Å²) in [4.78, 5) is 22.5. The van der Waals surface area contributed by atoms with Crippen LogP contribution < -0.4 is 5.56 Å².